The van der Waals surface area contributed by atoms with Crippen LogP contribution in [0.4, 0.5) is 5.69 Å². The molecule has 1 heterocycles. The maximum absolute atomic E-state index is 6.28. The van der Waals surface area contributed by atoms with Gasteiger partial charge in [-0.3, -0.25) is 0 Å². The van der Waals surface area contributed by atoms with Gasteiger partial charge in [0.05, 0.1) is 0 Å². The van der Waals surface area contributed by atoms with E-state index in [1.165, 1.54) is 5.56 Å². The van der Waals surface area contributed by atoms with Crippen LogP contribution in [-0.4, -0.2) is 36.8 Å². The Kier molecular flexibility index (Phi) is 4.16. The van der Waals surface area contributed by atoms with Gasteiger partial charge in [0.2, 0.25) is 0 Å². The average molecular weight is 439 g/mol. The second-order valence-electron chi connectivity index (χ2n) is 6.30. The Hall–Kier alpha value is 1.10. The van der Waals surface area contributed by atoms with Crippen LogP contribution in [0.15, 0.2) is 0 Å². The molecule has 0 aliphatic carbocycles. The van der Waals surface area contributed by atoms with Gasteiger partial charge >= 0.3 is 107 Å². The molecule has 1 rings (SSSR count). The van der Waals surface area contributed by atoms with E-state index in [-0.39, 0.29) is 0 Å². The first-order chi connectivity index (χ1) is 6.55. The Morgan fingerprint density at radius 3 is 1.47 bits per heavy atom. The zero-order valence-corrected chi connectivity index (χ0v) is 17.5. The fourth-order valence-electron chi connectivity index (χ4n) is 1.80. The molecule has 0 radical (unpaired) electrons. The summed E-state index contributed by atoms with van der Waals surface area (Å²) in [5, 5.41) is 0. The molecule has 1 nitrogen and oxygen atoms in total. The summed E-state index contributed by atoms with van der Waals surface area (Å²) in [4.78, 5) is 14.8. The second-order valence-corrected chi connectivity index (χ2v) is 37.9. The van der Waals surface area contributed by atoms with Crippen molar-refractivity contribution in [2.24, 2.45) is 0 Å². The predicted octanol–water partition coefficient (Wildman–Crippen LogP) is 2.73. The van der Waals surface area contributed by atoms with Crippen LogP contribution in [-0.2, 0) is 0 Å². The number of hydrogen-bond donors (Lipinski definition) is 1. The van der Waals surface area contributed by atoms with Gasteiger partial charge in [0.15, 0.2) is 0 Å². The van der Waals surface area contributed by atoms with E-state index in [4.69, 9.17) is 5.73 Å². The molecule has 0 saturated carbocycles. The quantitative estimate of drug-likeness (QED) is 0.706. The molecular formula is C11H23NSSn2. The number of hydrogen-bond acceptors (Lipinski definition) is 2. The Labute approximate surface area is 106 Å². The summed E-state index contributed by atoms with van der Waals surface area (Å²) in [5.74, 6) is 0. The zero-order valence-electron chi connectivity index (χ0n) is 11.0. The summed E-state index contributed by atoms with van der Waals surface area (Å²) < 4.78 is 3.27. The Morgan fingerprint density at radius 1 is 0.867 bits per heavy atom. The summed E-state index contributed by atoms with van der Waals surface area (Å²) in [5.41, 5.74) is 8.85. The summed E-state index contributed by atoms with van der Waals surface area (Å²) in [6.45, 7) is 2.23. The topological polar surface area (TPSA) is 26.0 Å². The third-order valence-electron chi connectivity index (χ3n) is 2.56. The summed E-state index contributed by atoms with van der Waals surface area (Å²) in [6.07, 6.45) is 0. The minimum absolute atomic E-state index is 1.14. The molecule has 0 aliphatic heterocycles. The van der Waals surface area contributed by atoms with Crippen molar-refractivity contribution in [3.8, 4) is 0 Å². The van der Waals surface area contributed by atoms with Crippen molar-refractivity contribution in [3.05, 3.63) is 5.56 Å². The molecule has 2 N–H and O–H groups in total. The van der Waals surface area contributed by atoms with Gasteiger partial charge in [0, 0.05) is 0 Å². The molecule has 0 fully saturated rings. The number of nitrogens with two attached hydrogens (primary N) is 1. The molecule has 0 atom stereocenters. The van der Waals surface area contributed by atoms with E-state index in [9.17, 15) is 0 Å². The van der Waals surface area contributed by atoms with Gasteiger partial charge in [0.25, 0.3) is 0 Å². The molecule has 0 spiro atoms. The third-order valence-corrected chi connectivity index (χ3v) is 23.1. The second kappa shape index (κ2) is 4.41. The van der Waals surface area contributed by atoms with E-state index in [0.717, 1.165) is 5.69 Å². The van der Waals surface area contributed by atoms with Crippen LogP contribution in [0.2, 0.25) is 29.6 Å². The van der Waals surface area contributed by atoms with Crippen LogP contribution in [0.3, 0.4) is 0 Å². The fraction of sp³-hybridized carbons (Fsp3) is 0.636. The van der Waals surface area contributed by atoms with E-state index in [2.05, 4.69) is 47.9 Å². The maximum atomic E-state index is 6.28. The van der Waals surface area contributed by atoms with E-state index < -0.39 is 36.8 Å². The number of nitrogen functional groups attached to an aromatic ring is 1. The first kappa shape index (κ1) is 14.2. The van der Waals surface area contributed by atoms with Gasteiger partial charge in [-0.2, -0.15) is 0 Å². The zero-order chi connectivity index (χ0) is 12.0. The van der Waals surface area contributed by atoms with Crippen molar-refractivity contribution in [2.45, 2.75) is 36.6 Å². The molecule has 0 amide bonds. The van der Waals surface area contributed by atoms with Crippen molar-refractivity contribution < 1.29 is 0 Å². The monoisotopic (exact) mass is 441 g/mol. The Morgan fingerprint density at radius 2 is 1.27 bits per heavy atom. The number of anilines is 1. The summed E-state index contributed by atoms with van der Waals surface area (Å²) in [7, 11) is 0. The molecule has 1 aromatic heterocycles. The van der Waals surface area contributed by atoms with Gasteiger partial charge in [-0.25, -0.2) is 0 Å². The minimum atomic E-state index is -1.97. The Bertz CT molecular complexity index is 335. The van der Waals surface area contributed by atoms with Crippen LogP contribution in [0.1, 0.15) is 5.56 Å². The van der Waals surface area contributed by atoms with Crippen molar-refractivity contribution in [3.63, 3.8) is 0 Å². The standard InChI is InChI=1S/C5H5NS.6CH3.2Sn/c1-4-2-7-3-5(4)6;;;;;;;;/h6H2,1H3;6*1H3;;. The van der Waals surface area contributed by atoms with E-state index in [0.29, 0.717) is 0 Å². The molecule has 0 unspecified atom stereocenters. The third kappa shape index (κ3) is 3.06. The molecule has 15 heavy (non-hydrogen) atoms. The summed E-state index contributed by atoms with van der Waals surface area (Å²) in [6, 6.07) is 0. The predicted molar refractivity (Wildman–Crippen MR) is 79.4 cm³/mol. The van der Waals surface area contributed by atoms with E-state index >= 15 is 0 Å². The Balaban J connectivity index is 3.38. The molecule has 0 bridgehead atoms. The van der Waals surface area contributed by atoms with Gasteiger partial charge < -0.3 is 0 Å². The van der Waals surface area contributed by atoms with Crippen molar-refractivity contribution in [2.75, 3.05) is 5.73 Å². The molecule has 0 aliphatic rings. The van der Waals surface area contributed by atoms with Crippen LogP contribution >= 0.6 is 11.3 Å². The fourth-order valence-corrected chi connectivity index (χ4v) is 19.1. The SMILES string of the molecule is Cc1[c]([Sn]([CH3])([CH3])[CH3])s[c]([Sn]([CH3])([CH3])[CH3])c1N. The summed E-state index contributed by atoms with van der Waals surface area (Å²) >= 11 is -1.84. The first-order valence-electron chi connectivity index (χ1n) is 5.45. The van der Waals surface area contributed by atoms with Gasteiger partial charge in [-0.15, -0.1) is 0 Å². The van der Waals surface area contributed by atoms with Gasteiger partial charge in [-0.1, -0.05) is 0 Å². The number of thiophene rings is 1. The molecule has 4 heteroatoms. The van der Waals surface area contributed by atoms with Crippen molar-refractivity contribution in [1.82, 2.24) is 0 Å². The van der Waals surface area contributed by atoms with Crippen LogP contribution in [0, 0.1) is 6.92 Å². The van der Waals surface area contributed by atoms with Gasteiger partial charge in [-0.05, 0) is 0 Å². The van der Waals surface area contributed by atoms with Crippen LogP contribution < -0.4 is 11.5 Å². The average Bonchev–Trinajstić information content (AvgIpc) is 2.26. The van der Waals surface area contributed by atoms with E-state index in [1.54, 1.807) is 5.79 Å². The van der Waals surface area contributed by atoms with Crippen LogP contribution in [0.25, 0.3) is 0 Å². The molecule has 0 saturated heterocycles. The van der Waals surface area contributed by atoms with Crippen molar-refractivity contribution in [1.29, 1.82) is 0 Å². The molecule has 86 valence electrons. The number of rotatable bonds is 2. The van der Waals surface area contributed by atoms with Crippen LogP contribution in [0.5, 0.6) is 0 Å². The molecule has 0 aromatic carbocycles. The molecule has 1 aromatic rings. The van der Waals surface area contributed by atoms with E-state index in [1.807, 2.05) is 0 Å². The van der Waals surface area contributed by atoms with Gasteiger partial charge in [0.1, 0.15) is 0 Å². The molecular weight excluding hydrogens is 416 g/mol. The normalized spacial score (nSPS) is 13.3. The first-order valence-corrected chi connectivity index (χ1v) is 26.2. The van der Waals surface area contributed by atoms with Crippen molar-refractivity contribution >= 4 is 59.6 Å².